The van der Waals surface area contributed by atoms with Crippen molar-refractivity contribution in [3.8, 4) is 5.75 Å². The number of carbonyl (C=O) groups excluding carboxylic acids is 2. The summed E-state index contributed by atoms with van der Waals surface area (Å²) in [5, 5.41) is 10.9. The highest BCUT2D eigenvalue weighted by atomic mass is 79.9. The first kappa shape index (κ1) is 51.0. The number of para-hydroxylation sites is 1. The zero-order valence-corrected chi connectivity index (χ0v) is 44.6. The molecule has 6 heterocycles. The first-order chi connectivity index (χ1) is 34.8. The molecule has 0 aliphatic carbocycles. The standard InChI is InChI=1S/C52H66BrN12O6P/c1-7-34-26-40(59-51-56-29-37(53)49(60-51)58-39-16-15-38-36(48(39)72(5,6)69)28-55-46(8-2)57-38)45(70-9-3)27-44(34)63-19-17-35(18-20-63)62-23-21-61(22-24-62)30-33-31-64(32-33)41-12-10-13-42-47(41)71-52(68)65(42)43(14-11-25-66)50(67)54-4/h10,12-13,15-16,25-29,33,35,43H,7-9,11,14,17-24,30-32H2,1-6H3,(H,54,67)(H2,56,58,59,60). The topological polar surface area (TPSA) is 196 Å². The van der Waals surface area contributed by atoms with Crippen LogP contribution in [0.1, 0.15) is 63.9 Å². The van der Waals surface area contributed by atoms with E-state index in [1.54, 1.807) is 31.8 Å². The molecule has 3 aliphatic heterocycles. The molecular formula is C52H66BrN12O6P. The maximum Gasteiger partial charge on any atom is 0.420 e. The molecule has 3 saturated heterocycles. The molecule has 0 radical (unpaired) electrons. The number of aromatic nitrogens is 5. The molecule has 1 unspecified atom stereocenters. The summed E-state index contributed by atoms with van der Waals surface area (Å²) >= 11 is 3.64. The molecule has 3 N–H and O–H groups in total. The van der Waals surface area contributed by atoms with Gasteiger partial charge >= 0.3 is 5.76 Å². The summed E-state index contributed by atoms with van der Waals surface area (Å²) in [6.45, 7) is 19.1. The number of oxazole rings is 1. The lowest BCUT2D eigenvalue weighted by molar-refractivity contribution is -0.124. The Kier molecular flexibility index (Phi) is 15.7. The summed E-state index contributed by atoms with van der Waals surface area (Å²) < 4.78 is 27.8. The molecule has 1 atom stereocenters. The number of hydrogen-bond donors (Lipinski definition) is 3. The first-order valence-electron chi connectivity index (χ1n) is 25.3. The van der Waals surface area contributed by atoms with E-state index in [4.69, 9.17) is 14.1 Å². The van der Waals surface area contributed by atoms with Crippen molar-refractivity contribution in [2.24, 2.45) is 5.92 Å². The van der Waals surface area contributed by atoms with Gasteiger partial charge in [0.15, 0.2) is 5.58 Å². The van der Waals surface area contributed by atoms with Gasteiger partial charge in [0.2, 0.25) is 11.9 Å². The van der Waals surface area contributed by atoms with Gasteiger partial charge in [-0.2, -0.15) is 4.98 Å². The SMILES string of the molecule is CCOc1cc(N2CCC(N3CCN(CC4CN(c5cccc6c5oc(=O)n6C(CCC=O)C(=O)NC)C4)CC3)CC2)c(CC)cc1Nc1ncc(Br)c(Nc2ccc3nc(CC)ncc3c2P(C)(C)=O)n1. The number of aryl methyl sites for hydroxylation is 2. The molecule has 1 amide bonds. The molecule has 72 heavy (non-hydrogen) atoms. The zero-order chi connectivity index (χ0) is 50.7. The number of likely N-dealkylation sites (N-methyl/N-ethyl adjacent to an activating group) is 1. The molecule has 20 heteroatoms. The minimum atomic E-state index is -2.78. The van der Waals surface area contributed by atoms with Crippen LogP contribution in [-0.4, -0.2) is 138 Å². The number of hydrogen-bond acceptors (Lipinski definition) is 16. The predicted molar refractivity (Wildman–Crippen MR) is 289 cm³/mol. The van der Waals surface area contributed by atoms with E-state index in [9.17, 15) is 18.9 Å². The third-order valence-electron chi connectivity index (χ3n) is 14.3. The number of piperazine rings is 1. The summed E-state index contributed by atoms with van der Waals surface area (Å²) in [5.74, 6) is 1.96. The van der Waals surface area contributed by atoms with Gasteiger partial charge in [-0.25, -0.2) is 19.7 Å². The van der Waals surface area contributed by atoms with Crippen LogP contribution in [0.3, 0.4) is 0 Å². The van der Waals surface area contributed by atoms with Crippen LogP contribution >= 0.6 is 23.1 Å². The van der Waals surface area contributed by atoms with Crippen LogP contribution < -0.4 is 41.5 Å². The van der Waals surface area contributed by atoms with Crippen LogP contribution in [-0.2, 0) is 27.0 Å². The second-order valence-electron chi connectivity index (χ2n) is 19.4. The Bertz CT molecular complexity index is 3050. The van der Waals surface area contributed by atoms with E-state index in [0.717, 1.165) is 118 Å². The lowest BCUT2D eigenvalue weighted by Crippen LogP contribution is -2.57. The van der Waals surface area contributed by atoms with Crippen LogP contribution in [0.4, 0.5) is 34.5 Å². The number of nitrogens with zero attached hydrogens (tertiary/aromatic N) is 9. The molecule has 3 fully saturated rings. The number of ether oxygens (including phenoxy) is 1. The molecule has 382 valence electrons. The largest absolute Gasteiger partial charge is 0.492 e. The van der Waals surface area contributed by atoms with Crippen LogP contribution in [0.2, 0.25) is 0 Å². The van der Waals surface area contributed by atoms with Gasteiger partial charge in [0.05, 0.1) is 39.2 Å². The fourth-order valence-electron chi connectivity index (χ4n) is 10.7. The highest BCUT2D eigenvalue weighted by Crippen LogP contribution is 2.43. The highest BCUT2D eigenvalue weighted by molar-refractivity contribution is 9.10. The molecule has 0 spiro atoms. The Hall–Kier alpha value is -5.88. The van der Waals surface area contributed by atoms with E-state index in [0.29, 0.717) is 63.3 Å². The van der Waals surface area contributed by atoms with Crippen molar-refractivity contribution in [3.63, 3.8) is 0 Å². The van der Waals surface area contributed by atoms with Crippen molar-refractivity contribution >= 4 is 97.1 Å². The van der Waals surface area contributed by atoms with Gasteiger partial charge in [0.1, 0.15) is 36.9 Å². The minimum absolute atomic E-state index is 0.162. The zero-order valence-electron chi connectivity index (χ0n) is 42.1. The van der Waals surface area contributed by atoms with Crippen LogP contribution in [0.25, 0.3) is 22.0 Å². The molecule has 3 aromatic carbocycles. The number of fused-ring (bicyclic) bond motifs is 2. The molecule has 3 aliphatic rings. The number of carbonyl (C=O) groups is 2. The van der Waals surface area contributed by atoms with Crippen molar-refractivity contribution in [1.82, 2.24) is 39.6 Å². The number of benzene rings is 3. The van der Waals surface area contributed by atoms with E-state index in [1.165, 1.54) is 22.9 Å². The van der Waals surface area contributed by atoms with E-state index in [2.05, 4.69) is 85.5 Å². The Morgan fingerprint density at radius 1 is 0.931 bits per heavy atom. The molecular weight excluding hydrogens is 1000 g/mol. The van der Waals surface area contributed by atoms with Crippen LogP contribution in [0, 0.1) is 5.92 Å². The smallest absolute Gasteiger partial charge is 0.420 e. The maximum absolute atomic E-state index is 13.7. The normalized spacial score (nSPS) is 16.8. The van der Waals surface area contributed by atoms with Crippen molar-refractivity contribution in [2.45, 2.75) is 71.4 Å². The number of nitrogens with one attached hydrogen (secondary N) is 3. The van der Waals surface area contributed by atoms with Crippen molar-refractivity contribution in [1.29, 1.82) is 0 Å². The van der Waals surface area contributed by atoms with E-state index in [1.807, 2.05) is 38.1 Å². The van der Waals surface area contributed by atoms with Gasteiger partial charge < -0.3 is 49.2 Å². The average Bonchev–Trinajstić information content (AvgIpc) is 3.71. The third-order valence-corrected chi connectivity index (χ3v) is 16.5. The Morgan fingerprint density at radius 3 is 2.40 bits per heavy atom. The molecule has 9 rings (SSSR count). The van der Waals surface area contributed by atoms with Gasteiger partial charge in [0, 0.05) is 126 Å². The van der Waals surface area contributed by atoms with Crippen LogP contribution in [0.5, 0.6) is 5.75 Å². The van der Waals surface area contributed by atoms with Gasteiger partial charge in [-0.1, -0.05) is 19.9 Å². The monoisotopic (exact) mass is 1060 g/mol. The second kappa shape index (κ2) is 22.1. The summed E-state index contributed by atoms with van der Waals surface area (Å²) in [4.78, 5) is 65.7. The number of amides is 1. The second-order valence-corrected chi connectivity index (χ2v) is 23.4. The highest BCUT2D eigenvalue weighted by Gasteiger charge is 2.35. The first-order valence-corrected chi connectivity index (χ1v) is 28.7. The number of anilines is 6. The van der Waals surface area contributed by atoms with E-state index >= 15 is 0 Å². The van der Waals surface area contributed by atoms with E-state index in [-0.39, 0.29) is 18.7 Å². The molecule has 3 aromatic heterocycles. The molecule has 6 aromatic rings. The van der Waals surface area contributed by atoms with E-state index < -0.39 is 18.9 Å². The number of piperidine rings is 1. The number of aldehydes is 1. The Balaban J connectivity index is 0.798. The van der Waals surface area contributed by atoms with Crippen LogP contribution in [0.15, 0.2) is 68.5 Å². The third kappa shape index (κ3) is 10.8. The van der Waals surface area contributed by atoms with Gasteiger partial charge in [0.25, 0.3) is 0 Å². The van der Waals surface area contributed by atoms with Crippen molar-refractivity contribution in [2.75, 3.05) is 106 Å². The maximum atomic E-state index is 13.7. The van der Waals surface area contributed by atoms with Crippen molar-refractivity contribution in [3.05, 3.63) is 81.3 Å². The fourth-order valence-corrected chi connectivity index (χ4v) is 12.4. The Morgan fingerprint density at radius 2 is 1.71 bits per heavy atom. The molecule has 0 saturated carbocycles. The summed E-state index contributed by atoms with van der Waals surface area (Å²) in [7, 11) is -1.26. The van der Waals surface area contributed by atoms with Gasteiger partial charge in [-0.3, -0.25) is 14.3 Å². The summed E-state index contributed by atoms with van der Waals surface area (Å²) in [6, 6.07) is 13.5. The molecule has 18 nitrogen and oxygen atoms in total. The average molecular weight is 1070 g/mol. The van der Waals surface area contributed by atoms with Gasteiger partial charge in [-0.15, -0.1) is 0 Å². The molecule has 0 bridgehead atoms. The lowest BCUT2D eigenvalue weighted by Gasteiger charge is -2.46. The Labute approximate surface area is 428 Å². The number of halogens is 1. The van der Waals surface area contributed by atoms with Gasteiger partial charge in [-0.05, 0) is 97.8 Å². The predicted octanol–water partition coefficient (Wildman–Crippen LogP) is 7.34. The quantitative estimate of drug-likeness (QED) is 0.0538. The minimum Gasteiger partial charge on any atom is -0.492 e. The van der Waals surface area contributed by atoms with Crippen molar-refractivity contribution < 1.29 is 23.3 Å². The number of rotatable bonds is 19. The summed E-state index contributed by atoms with van der Waals surface area (Å²) in [5.41, 5.74) is 6.54. The lowest BCUT2D eigenvalue weighted by atomic mass is 9.97. The summed E-state index contributed by atoms with van der Waals surface area (Å²) in [6.07, 6.45) is 8.35. The fraction of sp³-hybridized carbons (Fsp3) is 0.481.